The number of aromatic hydroxyl groups is 2. The summed E-state index contributed by atoms with van der Waals surface area (Å²) in [6.45, 7) is 3.41. The molecule has 0 aliphatic rings. The van der Waals surface area contributed by atoms with Crippen LogP contribution in [0.25, 0.3) is 5.69 Å². The maximum absolute atomic E-state index is 12.1. The Morgan fingerprint density at radius 3 is 2.52 bits per heavy atom. The fourth-order valence-corrected chi connectivity index (χ4v) is 2.17. The number of esters is 1. The van der Waals surface area contributed by atoms with Gasteiger partial charge in [-0.05, 0) is 26.0 Å². The molecule has 112 valence electrons. The number of rotatable bonds is 4. The zero-order chi connectivity index (χ0) is 15.6. The number of nitrogens with zero attached hydrogens (tertiary/aromatic N) is 1. The molecule has 0 fully saturated rings. The molecule has 6 nitrogen and oxygen atoms in total. The number of aromatic nitrogens is 1. The van der Waals surface area contributed by atoms with Crippen molar-refractivity contribution in [3.8, 4) is 22.9 Å². The maximum Gasteiger partial charge on any atom is 0.359 e. The summed E-state index contributed by atoms with van der Waals surface area (Å²) in [4.78, 5) is 12.1. The Balaban J connectivity index is 2.73. The van der Waals surface area contributed by atoms with Gasteiger partial charge in [0, 0.05) is 0 Å². The van der Waals surface area contributed by atoms with E-state index in [0.717, 1.165) is 0 Å². The third kappa shape index (κ3) is 2.40. The van der Waals surface area contributed by atoms with Crippen LogP contribution in [-0.2, 0) is 4.74 Å². The van der Waals surface area contributed by atoms with E-state index < -0.39 is 11.7 Å². The van der Waals surface area contributed by atoms with Crippen molar-refractivity contribution in [1.29, 1.82) is 0 Å². The van der Waals surface area contributed by atoms with Crippen molar-refractivity contribution in [2.75, 3.05) is 13.7 Å². The van der Waals surface area contributed by atoms with Gasteiger partial charge < -0.3 is 19.7 Å². The molecular weight excluding hydrogens is 274 g/mol. The molecule has 0 amide bonds. The maximum atomic E-state index is 12.1. The highest BCUT2D eigenvalue weighted by atomic mass is 16.5. The average molecular weight is 291 g/mol. The molecule has 2 rings (SSSR count). The molecule has 0 unspecified atom stereocenters. The summed E-state index contributed by atoms with van der Waals surface area (Å²) in [5, 5.41) is 19.9. The minimum Gasteiger partial charge on any atom is -0.503 e. The fraction of sp³-hybridized carbons (Fsp3) is 0.267. The molecule has 1 aromatic carbocycles. The van der Waals surface area contributed by atoms with Crippen molar-refractivity contribution in [2.24, 2.45) is 0 Å². The molecule has 0 aliphatic heterocycles. The third-order valence-corrected chi connectivity index (χ3v) is 3.15. The van der Waals surface area contributed by atoms with Crippen LogP contribution in [-0.4, -0.2) is 34.5 Å². The van der Waals surface area contributed by atoms with Crippen molar-refractivity contribution in [2.45, 2.75) is 13.8 Å². The number of methoxy groups -OCH3 is 1. The largest absolute Gasteiger partial charge is 0.503 e. The zero-order valence-electron chi connectivity index (χ0n) is 12.1. The van der Waals surface area contributed by atoms with Crippen LogP contribution in [0, 0.1) is 6.92 Å². The first-order chi connectivity index (χ1) is 10.0. The third-order valence-electron chi connectivity index (χ3n) is 3.15. The van der Waals surface area contributed by atoms with Crippen LogP contribution in [0.1, 0.15) is 23.1 Å². The van der Waals surface area contributed by atoms with Gasteiger partial charge in [0.05, 0.1) is 25.1 Å². The highest BCUT2D eigenvalue weighted by Crippen LogP contribution is 2.39. The van der Waals surface area contributed by atoms with Gasteiger partial charge in [-0.3, -0.25) is 4.57 Å². The number of carbonyl (C=O) groups excluding carboxylic acids is 1. The molecule has 0 saturated heterocycles. The first-order valence-electron chi connectivity index (χ1n) is 6.46. The SMILES string of the molecule is CCOC(=O)c1c(O)c(O)c(C)n1-c1ccccc1OC. The fourth-order valence-electron chi connectivity index (χ4n) is 2.17. The van der Waals surface area contributed by atoms with Crippen LogP contribution in [0.4, 0.5) is 0 Å². The lowest BCUT2D eigenvalue weighted by atomic mass is 10.2. The summed E-state index contributed by atoms with van der Waals surface area (Å²) in [6, 6.07) is 6.98. The summed E-state index contributed by atoms with van der Waals surface area (Å²) in [5.74, 6) is -1.08. The molecule has 2 aromatic rings. The summed E-state index contributed by atoms with van der Waals surface area (Å²) in [6.07, 6.45) is 0. The van der Waals surface area contributed by atoms with E-state index in [1.807, 2.05) is 0 Å². The standard InChI is InChI=1S/C15H17NO5/c1-4-21-15(19)12-14(18)13(17)9(2)16(12)10-7-5-6-8-11(10)20-3/h5-8,17-18H,4H2,1-3H3. The molecular formula is C15H17NO5. The van der Waals surface area contributed by atoms with E-state index in [0.29, 0.717) is 17.1 Å². The van der Waals surface area contributed by atoms with Gasteiger partial charge in [0.2, 0.25) is 0 Å². The first-order valence-corrected chi connectivity index (χ1v) is 6.46. The predicted octanol–water partition coefficient (Wildman–Crippen LogP) is 2.38. The van der Waals surface area contributed by atoms with E-state index in [-0.39, 0.29) is 18.1 Å². The van der Waals surface area contributed by atoms with Crippen LogP contribution < -0.4 is 4.74 Å². The van der Waals surface area contributed by atoms with Gasteiger partial charge >= 0.3 is 5.97 Å². The minimum absolute atomic E-state index is 0.128. The molecule has 0 bridgehead atoms. The van der Waals surface area contributed by atoms with E-state index in [9.17, 15) is 15.0 Å². The summed E-state index contributed by atoms with van der Waals surface area (Å²) >= 11 is 0. The highest BCUT2D eigenvalue weighted by Gasteiger charge is 2.28. The lowest BCUT2D eigenvalue weighted by molar-refractivity contribution is 0.0513. The quantitative estimate of drug-likeness (QED) is 0.845. The lowest BCUT2D eigenvalue weighted by Crippen LogP contribution is -2.12. The molecule has 0 atom stereocenters. The Hall–Kier alpha value is -2.63. The smallest absolute Gasteiger partial charge is 0.359 e. The molecule has 1 aromatic heterocycles. The average Bonchev–Trinajstić information content (AvgIpc) is 2.71. The Labute approximate surface area is 122 Å². The van der Waals surface area contributed by atoms with E-state index in [1.165, 1.54) is 11.7 Å². The number of hydrogen-bond acceptors (Lipinski definition) is 5. The summed E-state index contributed by atoms with van der Waals surface area (Å²) in [5.41, 5.74) is 0.715. The van der Waals surface area contributed by atoms with Crippen LogP contribution >= 0.6 is 0 Å². The molecule has 0 spiro atoms. The zero-order valence-corrected chi connectivity index (χ0v) is 12.1. The van der Waals surface area contributed by atoms with Gasteiger partial charge in [0.15, 0.2) is 17.2 Å². The number of hydrogen-bond donors (Lipinski definition) is 2. The van der Waals surface area contributed by atoms with Gasteiger partial charge in [-0.2, -0.15) is 0 Å². The topological polar surface area (TPSA) is 80.9 Å². The Morgan fingerprint density at radius 2 is 1.90 bits per heavy atom. The van der Waals surface area contributed by atoms with Crippen molar-refractivity contribution in [1.82, 2.24) is 4.57 Å². The first kappa shape index (κ1) is 14.8. The highest BCUT2D eigenvalue weighted by molar-refractivity contribution is 5.93. The molecule has 0 radical (unpaired) electrons. The van der Waals surface area contributed by atoms with Crippen LogP contribution in [0.2, 0.25) is 0 Å². The monoisotopic (exact) mass is 291 g/mol. The minimum atomic E-state index is -0.718. The van der Waals surface area contributed by atoms with Crippen molar-refractivity contribution in [3.05, 3.63) is 35.7 Å². The lowest BCUT2D eigenvalue weighted by Gasteiger charge is -2.14. The van der Waals surface area contributed by atoms with E-state index in [1.54, 1.807) is 38.1 Å². The number of ether oxygens (including phenoxy) is 2. The predicted molar refractivity (Wildman–Crippen MR) is 76.3 cm³/mol. The number of carbonyl (C=O) groups is 1. The molecule has 21 heavy (non-hydrogen) atoms. The summed E-state index contributed by atoms with van der Waals surface area (Å²) < 4.78 is 11.6. The summed E-state index contributed by atoms with van der Waals surface area (Å²) in [7, 11) is 1.50. The molecule has 1 heterocycles. The number of benzene rings is 1. The Kier molecular flexibility index (Phi) is 4.07. The number of para-hydroxylation sites is 2. The van der Waals surface area contributed by atoms with Gasteiger partial charge in [0.25, 0.3) is 0 Å². The van der Waals surface area contributed by atoms with E-state index in [4.69, 9.17) is 9.47 Å². The van der Waals surface area contributed by atoms with Gasteiger partial charge in [-0.1, -0.05) is 12.1 Å². The van der Waals surface area contributed by atoms with Crippen molar-refractivity contribution < 1.29 is 24.5 Å². The van der Waals surface area contributed by atoms with Crippen LogP contribution in [0.5, 0.6) is 17.2 Å². The molecule has 2 N–H and O–H groups in total. The second-order valence-corrected chi connectivity index (χ2v) is 4.36. The van der Waals surface area contributed by atoms with Gasteiger partial charge in [-0.25, -0.2) is 4.79 Å². The molecule has 0 saturated carbocycles. The van der Waals surface area contributed by atoms with E-state index in [2.05, 4.69) is 0 Å². The second kappa shape index (κ2) is 5.78. The second-order valence-electron chi connectivity index (χ2n) is 4.36. The van der Waals surface area contributed by atoms with Gasteiger partial charge in [-0.15, -0.1) is 0 Å². The Bertz CT molecular complexity index is 675. The molecule has 6 heteroatoms. The van der Waals surface area contributed by atoms with Gasteiger partial charge in [0.1, 0.15) is 5.75 Å². The Morgan fingerprint density at radius 1 is 1.24 bits per heavy atom. The molecule has 0 aliphatic carbocycles. The van der Waals surface area contributed by atoms with Crippen LogP contribution in [0.15, 0.2) is 24.3 Å². The normalized spacial score (nSPS) is 10.4. The van der Waals surface area contributed by atoms with E-state index >= 15 is 0 Å². The van der Waals surface area contributed by atoms with Crippen molar-refractivity contribution >= 4 is 5.97 Å². The van der Waals surface area contributed by atoms with Crippen LogP contribution in [0.3, 0.4) is 0 Å². The van der Waals surface area contributed by atoms with Crippen molar-refractivity contribution in [3.63, 3.8) is 0 Å².